The van der Waals surface area contributed by atoms with Gasteiger partial charge in [-0.15, -0.1) is 0 Å². The first-order chi connectivity index (χ1) is 19.6. The topological polar surface area (TPSA) is 144 Å². The highest BCUT2D eigenvalue weighted by molar-refractivity contribution is 6.01. The Hall–Kier alpha value is -4.28. The number of nitrogens with one attached hydrogen (secondary N) is 4. The van der Waals surface area contributed by atoms with Gasteiger partial charge in [0, 0.05) is 6.54 Å². The molecule has 222 valence electrons. The van der Waals surface area contributed by atoms with E-state index >= 15 is 0 Å². The summed E-state index contributed by atoms with van der Waals surface area (Å²) in [7, 11) is 3.14. The van der Waals surface area contributed by atoms with E-state index in [9.17, 15) is 19.2 Å². The molecule has 0 spiro atoms. The zero-order valence-electron chi connectivity index (χ0n) is 24.2. The number of carbonyl (C=O) groups is 4. The number of para-hydroxylation sites is 1. The average molecular weight is 569 g/mol. The molecular formula is C30H40N4O7. The van der Waals surface area contributed by atoms with Crippen molar-refractivity contribution in [1.82, 2.24) is 21.3 Å². The molecular weight excluding hydrogens is 528 g/mol. The fraction of sp³-hybridized carbons (Fsp3) is 0.467. The second-order valence-electron chi connectivity index (χ2n) is 10.3. The molecule has 0 fully saturated rings. The van der Waals surface area contributed by atoms with Crippen molar-refractivity contribution in [3.05, 3.63) is 53.6 Å². The number of rotatable bonds is 8. The van der Waals surface area contributed by atoms with Crippen molar-refractivity contribution in [1.29, 1.82) is 0 Å². The number of ether oxygens (including phenoxy) is 3. The lowest BCUT2D eigenvalue weighted by atomic mass is 10.0. The lowest BCUT2D eigenvalue weighted by molar-refractivity contribution is -0.132. The van der Waals surface area contributed by atoms with Gasteiger partial charge in [-0.25, -0.2) is 0 Å². The highest BCUT2D eigenvalue weighted by atomic mass is 16.5. The van der Waals surface area contributed by atoms with Gasteiger partial charge in [-0.2, -0.15) is 0 Å². The Bertz CT molecular complexity index is 1230. The molecule has 0 bridgehead atoms. The van der Waals surface area contributed by atoms with E-state index in [4.69, 9.17) is 14.2 Å². The van der Waals surface area contributed by atoms with Crippen molar-refractivity contribution in [3.8, 4) is 17.2 Å². The zero-order chi connectivity index (χ0) is 29.9. The summed E-state index contributed by atoms with van der Waals surface area (Å²) >= 11 is 0. The standard InChI is InChI=1S/C30H40N4O7/c1-18(2)27-30(38)32-19(3)17-41-23-11-7-6-10-21(23)28(36)33-22(16-26(35)34-27)29(37)31-14-8-9-20-12-13-24(39-4)25(15-20)40-5/h6-7,10-13,15,18-19,22,27H,8-9,14,16-17H2,1-5H3,(H,31,37)(H,32,38)(H,33,36)(H,34,35)/t19-,22+,27+/m1/s1. The lowest BCUT2D eigenvalue weighted by Crippen LogP contribution is -2.55. The van der Waals surface area contributed by atoms with Crippen LogP contribution in [0.1, 0.15) is 49.5 Å². The molecule has 4 amide bonds. The third kappa shape index (κ3) is 8.86. The number of carbonyl (C=O) groups excluding carboxylic acids is 4. The quantitative estimate of drug-likeness (QED) is 0.357. The Morgan fingerprint density at radius 1 is 1.02 bits per heavy atom. The fourth-order valence-corrected chi connectivity index (χ4v) is 4.43. The first-order valence-corrected chi connectivity index (χ1v) is 13.7. The predicted octanol–water partition coefficient (Wildman–Crippen LogP) is 1.98. The molecule has 2 aromatic rings. The van der Waals surface area contributed by atoms with Gasteiger partial charge >= 0.3 is 0 Å². The zero-order valence-corrected chi connectivity index (χ0v) is 24.2. The molecule has 0 radical (unpaired) electrons. The molecule has 3 atom stereocenters. The first kappa shape index (κ1) is 31.3. The van der Waals surface area contributed by atoms with Crippen molar-refractivity contribution < 1.29 is 33.4 Å². The molecule has 0 aromatic heterocycles. The van der Waals surface area contributed by atoms with Crippen LogP contribution in [0, 0.1) is 5.92 Å². The second kappa shape index (κ2) is 14.9. The molecule has 41 heavy (non-hydrogen) atoms. The number of fused-ring (bicyclic) bond motifs is 1. The van der Waals surface area contributed by atoms with Crippen LogP contribution in [-0.4, -0.2) is 69.1 Å². The van der Waals surface area contributed by atoms with Gasteiger partial charge in [0.05, 0.1) is 32.2 Å². The minimum Gasteiger partial charge on any atom is -0.493 e. The van der Waals surface area contributed by atoms with Crippen LogP contribution >= 0.6 is 0 Å². The van der Waals surface area contributed by atoms with Crippen LogP contribution in [0.15, 0.2) is 42.5 Å². The minimum atomic E-state index is -1.17. The number of benzene rings is 2. The van der Waals surface area contributed by atoms with Crippen LogP contribution < -0.4 is 35.5 Å². The van der Waals surface area contributed by atoms with Gasteiger partial charge < -0.3 is 35.5 Å². The summed E-state index contributed by atoms with van der Waals surface area (Å²) in [6.45, 7) is 5.83. The van der Waals surface area contributed by atoms with Gasteiger partial charge in [0.2, 0.25) is 17.7 Å². The van der Waals surface area contributed by atoms with E-state index < -0.39 is 29.8 Å². The normalized spacial score (nSPS) is 20.0. The van der Waals surface area contributed by atoms with Crippen molar-refractivity contribution in [2.24, 2.45) is 5.92 Å². The van der Waals surface area contributed by atoms with E-state index in [1.165, 1.54) is 0 Å². The van der Waals surface area contributed by atoms with Gasteiger partial charge in [0.15, 0.2) is 11.5 Å². The van der Waals surface area contributed by atoms with E-state index in [1.54, 1.807) is 45.4 Å². The number of hydrogen-bond donors (Lipinski definition) is 4. The fourth-order valence-electron chi connectivity index (χ4n) is 4.43. The van der Waals surface area contributed by atoms with Gasteiger partial charge in [-0.1, -0.05) is 32.0 Å². The van der Waals surface area contributed by atoms with Crippen LogP contribution in [0.3, 0.4) is 0 Å². The van der Waals surface area contributed by atoms with Gasteiger partial charge in [-0.05, 0) is 55.5 Å². The van der Waals surface area contributed by atoms with E-state index in [0.717, 1.165) is 5.56 Å². The van der Waals surface area contributed by atoms with E-state index in [0.29, 0.717) is 36.6 Å². The minimum absolute atomic E-state index is 0.110. The van der Waals surface area contributed by atoms with Crippen LogP contribution in [0.2, 0.25) is 0 Å². The van der Waals surface area contributed by atoms with Crippen molar-refractivity contribution in [2.45, 2.75) is 58.2 Å². The summed E-state index contributed by atoms with van der Waals surface area (Å²) in [4.78, 5) is 52.4. The summed E-state index contributed by atoms with van der Waals surface area (Å²) in [5, 5.41) is 11.1. The highest BCUT2D eigenvalue weighted by Crippen LogP contribution is 2.28. The van der Waals surface area contributed by atoms with Crippen LogP contribution in [0.25, 0.3) is 0 Å². The molecule has 0 unspecified atom stereocenters. The molecule has 3 rings (SSSR count). The Labute approximate surface area is 240 Å². The maximum atomic E-state index is 13.2. The second-order valence-corrected chi connectivity index (χ2v) is 10.3. The Kier molecular flexibility index (Phi) is 11.4. The Morgan fingerprint density at radius 2 is 1.76 bits per heavy atom. The summed E-state index contributed by atoms with van der Waals surface area (Å²) in [5.74, 6) is -0.589. The van der Waals surface area contributed by atoms with Gasteiger partial charge in [-0.3, -0.25) is 19.2 Å². The van der Waals surface area contributed by atoms with Crippen molar-refractivity contribution in [3.63, 3.8) is 0 Å². The van der Waals surface area contributed by atoms with E-state index in [1.807, 2.05) is 32.0 Å². The molecule has 1 heterocycles. The average Bonchev–Trinajstić information content (AvgIpc) is 2.95. The van der Waals surface area contributed by atoms with Crippen LogP contribution in [-0.2, 0) is 20.8 Å². The van der Waals surface area contributed by atoms with E-state index in [2.05, 4.69) is 21.3 Å². The smallest absolute Gasteiger partial charge is 0.255 e. The molecule has 4 N–H and O–H groups in total. The first-order valence-electron chi connectivity index (χ1n) is 13.7. The maximum absolute atomic E-state index is 13.2. The summed E-state index contributed by atoms with van der Waals surface area (Å²) in [6.07, 6.45) is 0.924. The van der Waals surface area contributed by atoms with Gasteiger partial charge in [0.1, 0.15) is 24.4 Å². The largest absolute Gasteiger partial charge is 0.493 e. The Morgan fingerprint density at radius 3 is 2.46 bits per heavy atom. The highest BCUT2D eigenvalue weighted by Gasteiger charge is 2.30. The maximum Gasteiger partial charge on any atom is 0.255 e. The molecule has 11 heteroatoms. The van der Waals surface area contributed by atoms with E-state index in [-0.39, 0.29) is 36.5 Å². The molecule has 2 aromatic carbocycles. The molecule has 0 saturated carbocycles. The molecule has 11 nitrogen and oxygen atoms in total. The molecule has 0 aliphatic carbocycles. The van der Waals surface area contributed by atoms with Gasteiger partial charge in [0.25, 0.3) is 5.91 Å². The summed E-state index contributed by atoms with van der Waals surface area (Å²) < 4.78 is 16.5. The lowest BCUT2D eigenvalue weighted by Gasteiger charge is -2.26. The molecule has 0 saturated heterocycles. The molecule has 1 aliphatic heterocycles. The molecule has 1 aliphatic rings. The SMILES string of the molecule is COc1ccc(CCCNC(=O)[C@@H]2CC(=O)N[C@@H](C(C)C)C(=O)N[C@H](C)COc3ccccc3C(=O)N2)cc1OC. The van der Waals surface area contributed by atoms with Crippen molar-refractivity contribution >= 4 is 23.6 Å². The monoisotopic (exact) mass is 568 g/mol. The van der Waals surface area contributed by atoms with Crippen LogP contribution in [0.4, 0.5) is 0 Å². The number of methoxy groups -OCH3 is 2. The van der Waals surface area contributed by atoms with Crippen molar-refractivity contribution in [2.75, 3.05) is 27.4 Å². The third-order valence-electron chi connectivity index (χ3n) is 6.68. The Balaban J connectivity index is 1.74. The summed E-state index contributed by atoms with van der Waals surface area (Å²) in [6, 6.07) is 9.88. The number of amides is 4. The van der Waals surface area contributed by atoms with Crippen LogP contribution in [0.5, 0.6) is 17.2 Å². The summed E-state index contributed by atoms with van der Waals surface area (Å²) in [5.41, 5.74) is 1.22. The number of hydrogen-bond acceptors (Lipinski definition) is 7. The predicted molar refractivity (Wildman–Crippen MR) is 153 cm³/mol. The number of aryl methyl sites for hydroxylation is 1. The third-order valence-corrected chi connectivity index (χ3v) is 6.68.